The molecule has 0 aliphatic carbocycles. The highest BCUT2D eigenvalue weighted by Crippen LogP contribution is 2.27. The van der Waals surface area contributed by atoms with E-state index in [2.05, 4.69) is 22.4 Å². The van der Waals surface area contributed by atoms with E-state index >= 15 is 0 Å². The van der Waals surface area contributed by atoms with Gasteiger partial charge in [0.05, 0.1) is 5.75 Å². The van der Waals surface area contributed by atoms with Gasteiger partial charge >= 0.3 is 0 Å². The number of benzene rings is 1. The first-order chi connectivity index (χ1) is 12.5. The molecule has 2 rings (SSSR count). The average molecular weight is 392 g/mol. The zero-order valence-electron chi connectivity index (χ0n) is 15.4. The normalized spacial score (nSPS) is 12.0. The third-order valence-corrected chi connectivity index (χ3v) is 6.08. The predicted molar refractivity (Wildman–Crippen MR) is 108 cm³/mol. The standard InChI is InChI=1S/C19H25N3O2S2/c1-4-6-7-14(5-2)17(24)20-18-21-22-19(26-18)25-12-16(23)15-10-8-13(3)9-11-15/h8-11,14H,4-7,12H2,1-3H3,(H,20,21,24). The second-order valence-corrected chi connectivity index (χ2v) is 8.39. The summed E-state index contributed by atoms with van der Waals surface area (Å²) in [5.41, 5.74) is 1.82. The van der Waals surface area contributed by atoms with Gasteiger partial charge in [0.1, 0.15) is 0 Å². The Balaban J connectivity index is 1.86. The number of aryl methyl sites for hydroxylation is 1. The fraction of sp³-hybridized carbons (Fsp3) is 0.474. The smallest absolute Gasteiger partial charge is 0.229 e. The number of ketones is 1. The maximum Gasteiger partial charge on any atom is 0.229 e. The van der Waals surface area contributed by atoms with Crippen LogP contribution in [0.4, 0.5) is 5.13 Å². The van der Waals surface area contributed by atoms with Crippen molar-refractivity contribution >= 4 is 39.9 Å². The van der Waals surface area contributed by atoms with Crippen molar-refractivity contribution < 1.29 is 9.59 Å². The first-order valence-electron chi connectivity index (χ1n) is 8.90. The maximum atomic E-state index is 12.3. The predicted octanol–water partition coefficient (Wildman–Crippen LogP) is 4.98. The lowest BCUT2D eigenvalue weighted by molar-refractivity contribution is -0.120. The summed E-state index contributed by atoms with van der Waals surface area (Å²) in [5, 5.41) is 11.4. The number of nitrogens with one attached hydrogen (secondary N) is 1. The summed E-state index contributed by atoms with van der Waals surface area (Å²) in [6.45, 7) is 6.14. The van der Waals surface area contributed by atoms with Gasteiger partial charge in [0.15, 0.2) is 10.1 Å². The van der Waals surface area contributed by atoms with Gasteiger partial charge in [-0.1, -0.05) is 79.6 Å². The molecule has 5 nitrogen and oxygen atoms in total. The second-order valence-electron chi connectivity index (χ2n) is 6.19. The van der Waals surface area contributed by atoms with Gasteiger partial charge in [0.2, 0.25) is 11.0 Å². The third-order valence-electron chi connectivity index (χ3n) is 4.11. The molecule has 1 amide bonds. The summed E-state index contributed by atoms with van der Waals surface area (Å²) in [7, 11) is 0. The summed E-state index contributed by atoms with van der Waals surface area (Å²) in [4.78, 5) is 24.5. The van der Waals surface area contributed by atoms with Crippen LogP contribution >= 0.6 is 23.1 Å². The van der Waals surface area contributed by atoms with Gasteiger partial charge < -0.3 is 5.32 Å². The Morgan fingerprint density at radius 1 is 1.19 bits per heavy atom. The number of aromatic nitrogens is 2. The molecule has 1 N–H and O–H groups in total. The largest absolute Gasteiger partial charge is 0.300 e. The first-order valence-corrected chi connectivity index (χ1v) is 10.7. The topological polar surface area (TPSA) is 72.0 Å². The van der Waals surface area contributed by atoms with Crippen LogP contribution < -0.4 is 5.32 Å². The van der Waals surface area contributed by atoms with Crippen LogP contribution in [0.15, 0.2) is 28.6 Å². The number of nitrogens with zero attached hydrogens (tertiary/aromatic N) is 2. The van der Waals surface area contributed by atoms with Gasteiger partial charge in [-0.2, -0.15) is 0 Å². The highest BCUT2D eigenvalue weighted by Gasteiger charge is 2.18. The number of amides is 1. The van der Waals surface area contributed by atoms with Crippen LogP contribution in [0.1, 0.15) is 55.5 Å². The Bertz CT molecular complexity index is 729. The van der Waals surface area contributed by atoms with E-state index in [0.717, 1.165) is 31.2 Å². The van der Waals surface area contributed by atoms with Gasteiger partial charge in [0, 0.05) is 11.5 Å². The van der Waals surface area contributed by atoms with Crippen LogP contribution in [0.25, 0.3) is 0 Å². The molecule has 140 valence electrons. The van der Waals surface area contributed by atoms with Gasteiger partial charge in [0.25, 0.3) is 0 Å². The number of anilines is 1. The lowest BCUT2D eigenvalue weighted by Gasteiger charge is -2.12. The second kappa shape index (κ2) is 10.4. The van der Waals surface area contributed by atoms with Crippen molar-refractivity contribution in [2.75, 3.05) is 11.1 Å². The van der Waals surface area contributed by atoms with E-state index in [9.17, 15) is 9.59 Å². The van der Waals surface area contributed by atoms with Crippen molar-refractivity contribution in [1.29, 1.82) is 0 Å². The van der Waals surface area contributed by atoms with Crippen molar-refractivity contribution in [1.82, 2.24) is 10.2 Å². The number of carbonyl (C=O) groups is 2. The van der Waals surface area contributed by atoms with E-state index < -0.39 is 0 Å². The molecular weight excluding hydrogens is 366 g/mol. The monoisotopic (exact) mass is 391 g/mol. The average Bonchev–Trinajstić information content (AvgIpc) is 3.08. The highest BCUT2D eigenvalue weighted by molar-refractivity contribution is 8.01. The fourth-order valence-corrected chi connectivity index (χ4v) is 4.10. The van der Waals surface area contributed by atoms with Gasteiger partial charge in [-0.25, -0.2) is 0 Å². The van der Waals surface area contributed by atoms with E-state index in [-0.39, 0.29) is 17.6 Å². The van der Waals surface area contributed by atoms with Crippen LogP contribution in [-0.2, 0) is 4.79 Å². The molecular formula is C19H25N3O2S2. The number of Topliss-reactive ketones (excluding diaryl/α,β-unsaturated/α-hetero) is 1. The SMILES string of the molecule is CCCCC(CC)C(=O)Nc1nnc(SCC(=O)c2ccc(C)cc2)s1. The Morgan fingerprint density at radius 3 is 2.58 bits per heavy atom. The molecule has 0 spiro atoms. The molecule has 0 fully saturated rings. The number of hydrogen-bond donors (Lipinski definition) is 1. The first kappa shape index (κ1) is 20.6. The lowest BCUT2D eigenvalue weighted by atomic mass is 9.99. The number of hydrogen-bond acceptors (Lipinski definition) is 6. The Labute approximate surface area is 163 Å². The van der Waals surface area contributed by atoms with Crippen molar-refractivity contribution in [3.05, 3.63) is 35.4 Å². The molecule has 2 aromatic rings. The molecule has 26 heavy (non-hydrogen) atoms. The number of rotatable bonds is 10. The van der Waals surface area contributed by atoms with E-state index in [1.165, 1.54) is 23.1 Å². The molecule has 1 atom stereocenters. The van der Waals surface area contributed by atoms with Gasteiger partial charge in [-0.05, 0) is 19.8 Å². The fourth-order valence-electron chi connectivity index (χ4n) is 2.45. The maximum absolute atomic E-state index is 12.3. The molecule has 1 aromatic heterocycles. The number of unbranched alkanes of at least 4 members (excludes halogenated alkanes) is 1. The molecule has 0 aliphatic heterocycles. The summed E-state index contributed by atoms with van der Waals surface area (Å²) >= 11 is 2.66. The molecule has 0 aliphatic rings. The van der Waals surface area contributed by atoms with E-state index in [1.807, 2.05) is 38.1 Å². The summed E-state index contributed by atoms with van der Waals surface area (Å²) < 4.78 is 0.683. The van der Waals surface area contributed by atoms with E-state index in [0.29, 0.717) is 20.8 Å². The summed E-state index contributed by atoms with van der Waals surface area (Å²) in [5.74, 6) is 0.378. The van der Waals surface area contributed by atoms with Crippen LogP contribution in [-0.4, -0.2) is 27.6 Å². The molecule has 0 bridgehead atoms. The molecule has 7 heteroatoms. The summed E-state index contributed by atoms with van der Waals surface area (Å²) in [6, 6.07) is 7.54. The van der Waals surface area contributed by atoms with Crippen molar-refractivity contribution in [3.63, 3.8) is 0 Å². The van der Waals surface area contributed by atoms with Crippen molar-refractivity contribution in [2.24, 2.45) is 5.92 Å². The molecule has 0 radical (unpaired) electrons. The zero-order valence-corrected chi connectivity index (χ0v) is 17.1. The minimum absolute atomic E-state index is 0.00406. The highest BCUT2D eigenvalue weighted by atomic mass is 32.2. The number of carbonyl (C=O) groups excluding carboxylic acids is 2. The van der Waals surface area contributed by atoms with Gasteiger partial charge in [-0.3, -0.25) is 9.59 Å². The van der Waals surface area contributed by atoms with Crippen molar-refractivity contribution in [2.45, 2.75) is 50.8 Å². The Morgan fingerprint density at radius 2 is 1.92 bits per heavy atom. The molecule has 1 aromatic carbocycles. The lowest BCUT2D eigenvalue weighted by Crippen LogP contribution is -2.22. The quantitative estimate of drug-likeness (QED) is 0.351. The van der Waals surface area contributed by atoms with E-state index in [1.54, 1.807) is 0 Å². The Hall–Kier alpha value is -1.73. The van der Waals surface area contributed by atoms with Crippen LogP contribution in [0.2, 0.25) is 0 Å². The molecule has 1 heterocycles. The zero-order chi connectivity index (χ0) is 18.9. The van der Waals surface area contributed by atoms with Crippen LogP contribution in [0.3, 0.4) is 0 Å². The van der Waals surface area contributed by atoms with Crippen molar-refractivity contribution in [3.8, 4) is 0 Å². The minimum Gasteiger partial charge on any atom is -0.300 e. The molecule has 1 unspecified atom stereocenters. The summed E-state index contributed by atoms with van der Waals surface area (Å²) in [6.07, 6.45) is 3.84. The third kappa shape index (κ3) is 6.21. The number of thioether (sulfide) groups is 1. The van der Waals surface area contributed by atoms with Crippen LogP contribution in [0, 0.1) is 12.8 Å². The van der Waals surface area contributed by atoms with E-state index in [4.69, 9.17) is 0 Å². The van der Waals surface area contributed by atoms with Gasteiger partial charge in [-0.15, -0.1) is 10.2 Å². The molecule has 0 saturated carbocycles. The minimum atomic E-state index is 0.00406. The molecule has 0 saturated heterocycles. The Kier molecular flexibility index (Phi) is 8.25. The van der Waals surface area contributed by atoms with Crippen LogP contribution in [0.5, 0.6) is 0 Å².